The highest BCUT2D eigenvalue weighted by Gasteiger charge is 2.46. The maximum Gasteiger partial charge on any atom is 0.228 e. The van der Waals surface area contributed by atoms with Gasteiger partial charge in [-0.3, -0.25) is 4.79 Å². The van der Waals surface area contributed by atoms with E-state index in [0.717, 1.165) is 30.4 Å². The number of fused-ring (bicyclic) bond motifs is 1. The molecule has 4 rings (SSSR count). The lowest BCUT2D eigenvalue weighted by Crippen LogP contribution is -2.33. The number of anilines is 1. The third-order valence-corrected chi connectivity index (χ3v) is 4.89. The summed E-state index contributed by atoms with van der Waals surface area (Å²) in [6, 6.07) is 9.72. The van der Waals surface area contributed by atoms with Gasteiger partial charge in [0.05, 0.1) is 13.0 Å². The van der Waals surface area contributed by atoms with Crippen LogP contribution in [0.25, 0.3) is 0 Å². The van der Waals surface area contributed by atoms with Crippen molar-refractivity contribution >= 4 is 11.9 Å². The lowest BCUT2D eigenvalue weighted by atomic mass is 10.0. The van der Waals surface area contributed by atoms with Gasteiger partial charge < -0.3 is 14.5 Å². The van der Waals surface area contributed by atoms with E-state index in [2.05, 4.69) is 14.9 Å². The van der Waals surface area contributed by atoms with E-state index in [1.165, 1.54) is 0 Å². The minimum absolute atomic E-state index is 0.0621. The molecule has 2 aliphatic heterocycles. The quantitative estimate of drug-likeness (QED) is 0.855. The number of carbonyl (C=O) groups excluding carboxylic acids is 1. The van der Waals surface area contributed by atoms with E-state index in [0.29, 0.717) is 19.0 Å². The predicted molar refractivity (Wildman–Crippen MR) is 89.6 cm³/mol. The van der Waals surface area contributed by atoms with E-state index in [-0.39, 0.29) is 11.8 Å². The van der Waals surface area contributed by atoms with Crippen LogP contribution in [0.15, 0.2) is 42.7 Å². The topological polar surface area (TPSA) is 58.6 Å². The highest BCUT2D eigenvalue weighted by molar-refractivity contribution is 5.83. The van der Waals surface area contributed by atoms with Crippen molar-refractivity contribution in [3.63, 3.8) is 0 Å². The molecule has 24 heavy (non-hydrogen) atoms. The number of aromatic nitrogens is 2. The Kier molecular flexibility index (Phi) is 3.80. The molecular formula is C18H20N4O2. The number of rotatable bonds is 4. The van der Waals surface area contributed by atoms with Crippen molar-refractivity contribution in [3.8, 4) is 5.75 Å². The SMILES string of the molecule is COc1ccc(CN2C[C@@H]3CN(c4ncccn4)C[C@@H]3C2=O)cc1. The fourth-order valence-electron chi connectivity index (χ4n) is 3.66. The third kappa shape index (κ3) is 2.68. The van der Waals surface area contributed by atoms with Gasteiger partial charge in [0.25, 0.3) is 0 Å². The van der Waals surface area contributed by atoms with E-state index >= 15 is 0 Å². The minimum Gasteiger partial charge on any atom is -0.497 e. The Labute approximate surface area is 141 Å². The number of carbonyl (C=O) groups is 1. The van der Waals surface area contributed by atoms with Crippen LogP contribution in [-0.2, 0) is 11.3 Å². The van der Waals surface area contributed by atoms with E-state index in [9.17, 15) is 4.79 Å². The number of methoxy groups -OCH3 is 1. The van der Waals surface area contributed by atoms with Gasteiger partial charge in [-0.1, -0.05) is 12.1 Å². The predicted octanol–water partition coefficient (Wildman–Crippen LogP) is 1.58. The van der Waals surface area contributed by atoms with Gasteiger partial charge in [0.2, 0.25) is 11.9 Å². The molecule has 6 nitrogen and oxygen atoms in total. The summed E-state index contributed by atoms with van der Waals surface area (Å²) in [6.45, 7) is 3.03. The van der Waals surface area contributed by atoms with Gasteiger partial charge in [-0.05, 0) is 23.8 Å². The van der Waals surface area contributed by atoms with Crippen LogP contribution in [0.1, 0.15) is 5.56 Å². The second-order valence-corrected chi connectivity index (χ2v) is 6.39. The molecule has 2 fully saturated rings. The Balaban J connectivity index is 1.41. The number of hydrogen-bond donors (Lipinski definition) is 0. The highest BCUT2D eigenvalue weighted by Crippen LogP contribution is 2.34. The Bertz CT molecular complexity index is 720. The van der Waals surface area contributed by atoms with Crippen LogP contribution in [0.4, 0.5) is 5.95 Å². The van der Waals surface area contributed by atoms with Crippen LogP contribution in [0.3, 0.4) is 0 Å². The molecule has 1 amide bonds. The van der Waals surface area contributed by atoms with Crippen molar-refractivity contribution in [2.24, 2.45) is 11.8 Å². The van der Waals surface area contributed by atoms with E-state index < -0.39 is 0 Å². The van der Waals surface area contributed by atoms with Crippen LogP contribution in [-0.4, -0.2) is 47.5 Å². The maximum absolute atomic E-state index is 12.7. The van der Waals surface area contributed by atoms with Crippen LogP contribution in [0.2, 0.25) is 0 Å². The molecule has 124 valence electrons. The molecule has 0 radical (unpaired) electrons. The number of amides is 1. The smallest absolute Gasteiger partial charge is 0.228 e. The van der Waals surface area contributed by atoms with Gasteiger partial charge in [0, 0.05) is 44.5 Å². The molecule has 2 aromatic rings. The normalized spacial score (nSPS) is 22.8. The molecule has 0 spiro atoms. The average molecular weight is 324 g/mol. The summed E-state index contributed by atoms with van der Waals surface area (Å²) >= 11 is 0. The third-order valence-electron chi connectivity index (χ3n) is 4.89. The van der Waals surface area contributed by atoms with Crippen molar-refractivity contribution < 1.29 is 9.53 Å². The first-order valence-electron chi connectivity index (χ1n) is 8.18. The first kappa shape index (κ1) is 14.9. The van der Waals surface area contributed by atoms with Crippen molar-refractivity contribution in [3.05, 3.63) is 48.3 Å². The van der Waals surface area contributed by atoms with E-state index in [1.54, 1.807) is 19.5 Å². The van der Waals surface area contributed by atoms with Crippen molar-refractivity contribution in [1.82, 2.24) is 14.9 Å². The molecular weight excluding hydrogens is 304 g/mol. The number of likely N-dealkylation sites (tertiary alicyclic amines) is 1. The fourth-order valence-corrected chi connectivity index (χ4v) is 3.66. The first-order chi connectivity index (χ1) is 11.7. The van der Waals surface area contributed by atoms with Crippen LogP contribution in [0.5, 0.6) is 5.75 Å². The molecule has 2 saturated heterocycles. The van der Waals surface area contributed by atoms with E-state index in [1.807, 2.05) is 35.2 Å². The molecule has 0 saturated carbocycles. The monoisotopic (exact) mass is 324 g/mol. The van der Waals surface area contributed by atoms with Crippen LogP contribution in [0, 0.1) is 11.8 Å². The van der Waals surface area contributed by atoms with Gasteiger partial charge in [0.15, 0.2) is 0 Å². The Morgan fingerprint density at radius 3 is 2.54 bits per heavy atom. The molecule has 0 unspecified atom stereocenters. The largest absolute Gasteiger partial charge is 0.497 e. The molecule has 6 heteroatoms. The Morgan fingerprint density at radius 1 is 1.12 bits per heavy atom. The summed E-state index contributed by atoms with van der Waals surface area (Å²) in [6.07, 6.45) is 3.49. The molecule has 0 N–H and O–H groups in total. The lowest BCUT2D eigenvalue weighted by Gasteiger charge is -2.21. The highest BCUT2D eigenvalue weighted by atomic mass is 16.5. The van der Waals surface area contributed by atoms with E-state index in [4.69, 9.17) is 4.74 Å². The summed E-state index contributed by atoms with van der Waals surface area (Å²) < 4.78 is 5.18. The molecule has 1 aromatic heterocycles. The zero-order valence-corrected chi connectivity index (χ0v) is 13.6. The Hall–Kier alpha value is -2.63. The molecule has 2 aliphatic rings. The lowest BCUT2D eigenvalue weighted by molar-refractivity contribution is -0.131. The second-order valence-electron chi connectivity index (χ2n) is 6.39. The number of nitrogens with zero attached hydrogens (tertiary/aromatic N) is 4. The summed E-state index contributed by atoms with van der Waals surface area (Å²) in [4.78, 5) is 25.4. The Morgan fingerprint density at radius 2 is 1.88 bits per heavy atom. The van der Waals surface area contributed by atoms with Crippen molar-refractivity contribution in [1.29, 1.82) is 0 Å². The maximum atomic E-state index is 12.7. The van der Waals surface area contributed by atoms with Gasteiger partial charge >= 0.3 is 0 Å². The molecule has 1 aromatic carbocycles. The zero-order valence-electron chi connectivity index (χ0n) is 13.6. The summed E-state index contributed by atoms with van der Waals surface area (Å²) in [5, 5.41) is 0. The van der Waals surface area contributed by atoms with Gasteiger partial charge in [-0.15, -0.1) is 0 Å². The minimum atomic E-state index is 0.0621. The average Bonchev–Trinajstić information content (AvgIpc) is 3.17. The van der Waals surface area contributed by atoms with Gasteiger partial charge in [0.1, 0.15) is 5.75 Å². The fraction of sp³-hybridized carbons (Fsp3) is 0.389. The standard InChI is InChI=1S/C18H20N4O2/c1-24-15-5-3-13(4-6-15)9-21-10-14-11-22(12-16(14)17(21)23)18-19-7-2-8-20-18/h2-8,14,16H,9-12H2,1H3/t14-,16+/m1/s1. The molecule has 0 aliphatic carbocycles. The van der Waals surface area contributed by atoms with Crippen molar-refractivity contribution in [2.45, 2.75) is 6.54 Å². The van der Waals surface area contributed by atoms with Crippen LogP contribution >= 0.6 is 0 Å². The molecule has 2 atom stereocenters. The summed E-state index contributed by atoms with van der Waals surface area (Å²) in [7, 11) is 1.66. The number of ether oxygens (including phenoxy) is 1. The second kappa shape index (κ2) is 6.11. The number of hydrogen-bond acceptors (Lipinski definition) is 5. The molecule has 3 heterocycles. The zero-order chi connectivity index (χ0) is 16.5. The summed E-state index contributed by atoms with van der Waals surface area (Å²) in [5.41, 5.74) is 1.13. The van der Waals surface area contributed by atoms with Gasteiger partial charge in [-0.2, -0.15) is 0 Å². The number of benzene rings is 1. The first-order valence-corrected chi connectivity index (χ1v) is 8.18. The van der Waals surface area contributed by atoms with Gasteiger partial charge in [-0.25, -0.2) is 9.97 Å². The van der Waals surface area contributed by atoms with Crippen LogP contribution < -0.4 is 9.64 Å². The molecule has 0 bridgehead atoms. The van der Waals surface area contributed by atoms with Crippen molar-refractivity contribution in [2.75, 3.05) is 31.6 Å². The summed E-state index contributed by atoms with van der Waals surface area (Å²) in [5.74, 6) is 2.23.